The molecule has 1 N–H and O–H groups in total. The Balaban J connectivity index is 1.98. The molecule has 16 heavy (non-hydrogen) atoms. The molecule has 0 radical (unpaired) electrons. The average molecular weight is 219 g/mol. The topological polar surface area (TPSA) is 23.5 Å². The summed E-state index contributed by atoms with van der Waals surface area (Å²) in [4.78, 5) is 2.38. The first-order chi connectivity index (χ1) is 7.70. The van der Waals surface area contributed by atoms with Gasteiger partial charge in [-0.3, -0.25) is 4.90 Å². The van der Waals surface area contributed by atoms with E-state index in [9.17, 15) is 5.11 Å². The van der Waals surface area contributed by atoms with Crippen molar-refractivity contribution in [3.8, 4) is 0 Å². The summed E-state index contributed by atoms with van der Waals surface area (Å²) in [5, 5.41) is 10.2. The monoisotopic (exact) mass is 219 g/mol. The third-order valence-electron chi connectivity index (χ3n) is 3.30. The summed E-state index contributed by atoms with van der Waals surface area (Å²) in [6.45, 7) is 6.04. The molecule has 1 aromatic rings. The van der Waals surface area contributed by atoms with Crippen LogP contribution in [0.5, 0.6) is 0 Å². The minimum absolute atomic E-state index is 0.347. The van der Waals surface area contributed by atoms with Crippen molar-refractivity contribution in [3.63, 3.8) is 0 Å². The fourth-order valence-electron chi connectivity index (χ4n) is 2.18. The van der Waals surface area contributed by atoms with Crippen molar-refractivity contribution in [1.29, 1.82) is 0 Å². The number of hydrogen-bond donors (Lipinski definition) is 1. The lowest BCUT2D eigenvalue weighted by molar-refractivity contribution is 0.112. The second-order valence-corrected chi connectivity index (χ2v) is 4.75. The zero-order valence-corrected chi connectivity index (χ0v) is 10.2. The molecule has 1 aromatic carbocycles. The van der Waals surface area contributed by atoms with Crippen LogP contribution in [0.4, 0.5) is 0 Å². The molecule has 2 heteroatoms. The number of benzene rings is 1. The number of nitrogens with zero attached hydrogens (tertiary/aromatic N) is 1. The van der Waals surface area contributed by atoms with Crippen LogP contribution in [-0.4, -0.2) is 29.1 Å². The van der Waals surface area contributed by atoms with Crippen molar-refractivity contribution in [2.45, 2.75) is 38.8 Å². The Morgan fingerprint density at radius 2 is 2.19 bits per heavy atom. The number of likely N-dealkylation sites (N-methyl/N-ethyl adjacent to an activating group) is 1. The smallest absolute Gasteiger partial charge is 0.0917 e. The third-order valence-corrected chi connectivity index (χ3v) is 3.30. The normalized spacial score (nSPS) is 17.8. The lowest BCUT2D eigenvalue weighted by Gasteiger charge is -2.23. The number of rotatable bonds is 5. The Kier molecular flexibility index (Phi) is 3.62. The van der Waals surface area contributed by atoms with Crippen molar-refractivity contribution in [1.82, 2.24) is 4.90 Å². The largest absolute Gasteiger partial charge is 0.387 e. The SMILES string of the molecule is CCN(CC(O)c1cccc(C)c1)C1CC1. The molecule has 0 saturated heterocycles. The third kappa shape index (κ3) is 2.83. The minimum atomic E-state index is -0.347. The van der Waals surface area contributed by atoms with Crippen LogP contribution in [0.15, 0.2) is 24.3 Å². The maximum atomic E-state index is 10.2. The zero-order valence-electron chi connectivity index (χ0n) is 10.2. The van der Waals surface area contributed by atoms with Gasteiger partial charge in [0.2, 0.25) is 0 Å². The lowest BCUT2D eigenvalue weighted by Crippen LogP contribution is -2.30. The van der Waals surface area contributed by atoms with Gasteiger partial charge in [-0.05, 0) is 31.9 Å². The Bertz CT molecular complexity index is 346. The molecule has 1 aliphatic rings. The highest BCUT2D eigenvalue weighted by atomic mass is 16.3. The van der Waals surface area contributed by atoms with E-state index in [0.717, 1.165) is 24.7 Å². The molecule has 0 spiro atoms. The molecule has 2 nitrogen and oxygen atoms in total. The molecule has 1 fully saturated rings. The molecule has 1 aliphatic carbocycles. The van der Waals surface area contributed by atoms with Gasteiger partial charge in [0.15, 0.2) is 0 Å². The van der Waals surface area contributed by atoms with E-state index in [2.05, 4.69) is 30.9 Å². The van der Waals surface area contributed by atoms with Crippen LogP contribution in [0, 0.1) is 6.92 Å². The summed E-state index contributed by atoms with van der Waals surface area (Å²) in [6, 6.07) is 8.89. The number of aliphatic hydroxyl groups excluding tert-OH is 1. The summed E-state index contributed by atoms with van der Waals surface area (Å²) < 4.78 is 0. The number of aryl methyl sites for hydroxylation is 1. The van der Waals surface area contributed by atoms with Crippen molar-refractivity contribution >= 4 is 0 Å². The Hall–Kier alpha value is -0.860. The standard InChI is InChI=1S/C14H21NO/c1-3-15(13-7-8-13)10-14(16)12-6-4-5-11(2)9-12/h4-6,9,13-14,16H,3,7-8,10H2,1-2H3. The molecule has 0 amide bonds. The molecule has 0 heterocycles. The van der Waals surface area contributed by atoms with E-state index in [0.29, 0.717) is 0 Å². The second kappa shape index (κ2) is 4.98. The van der Waals surface area contributed by atoms with E-state index in [-0.39, 0.29) is 6.10 Å². The molecular weight excluding hydrogens is 198 g/mol. The zero-order chi connectivity index (χ0) is 11.5. The summed E-state index contributed by atoms with van der Waals surface area (Å²) >= 11 is 0. The summed E-state index contributed by atoms with van der Waals surface area (Å²) in [7, 11) is 0. The molecule has 2 rings (SSSR count). The number of aliphatic hydroxyl groups is 1. The molecule has 88 valence electrons. The van der Waals surface area contributed by atoms with E-state index in [4.69, 9.17) is 0 Å². The van der Waals surface area contributed by atoms with Gasteiger partial charge in [0, 0.05) is 12.6 Å². The second-order valence-electron chi connectivity index (χ2n) is 4.75. The highest BCUT2D eigenvalue weighted by Gasteiger charge is 2.29. The maximum absolute atomic E-state index is 10.2. The first-order valence-corrected chi connectivity index (χ1v) is 6.19. The number of hydrogen-bond acceptors (Lipinski definition) is 2. The van der Waals surface area contributed by atoms with E-state index in [1.165, 1.54) is 18.4 Å². The highest BCUT2D eigenvalue weighted by Crippen LogP contribution is 2.28. The predicted molar refractivity (Wildman–Crippen MR) is 66.4 cm³/mol. The van der Waals surface area contributed by atoms with Gasteiger partial charge < -0.3 is 5.11 Å². The molecule has 0 bridgehead atoms. The van der Waals surface area contributed by atoms with Crippen LogP contribution >= 0.6 is 0 Å². The van der Waals surface area contributed by atoms with Gasteiger partial charge in [-0.1, -0.05) is 36.8 Å². The van der Waals surface area contributed by atoms with Gasteiger partial charge in [0.25, 0.3) is 0 Å². The van der Waals surface area contributed by atoms with Crippen molar-refractivity contribution in [2.24, 2.45) is 0 Å². The van der Waals surface area contributed by atoms with Gasteiger partial charge in [-0.15, -0.1) is 0 Å². The van der Waals surface area contributed by atoms with Crippen LogP contribution in [-0.2, 0) is 0 Å². The first-order valence-electron chi connectivity index (χ1n) is 6.19. The maximum Gasteiger partial charge on any atom is 0.0917 e. The van der Waals surface area contributed by atoms with Crippen molar-refractivity contribution < 1.29 is 5.11 Å². The Morgan fingerprint density at radius 1 is 1.44 bits per heavy atom. The van der Waals surface area contributed by atoms with E-state index in [1.807, 2.05) is 12.1 Å². The lowest BCUT2D eigenvalue weighted by atomic mass is 10.1. The minimum Gasteiger partial charge on any atom is -0.387 e. The summed E-state index contributed by atoms with van der Waals surface area (Å²) in [5.74, 6) is 0. The average Bonchev–Trinajstić information content (AvgIpc) is 3.09. The van der Waals surface area contributed by atoms with Crippen molar-refractivity contribution in [3.05, 3.63) is 35.4 Å². The van der Waals surface area contributed by atoms with Crippen LogP contribution in [0.1, 0.15) is 37.0 Å². The fraction of sp³-hybridized carbons (Fsp3) is 0.571. The molecule has 0 aromatic heterocycles. The molecule has 1 unspecified atom stereocenters. The summed E-state index contributed by atoms with van der Waals surface area (Å²) in [6.07, 6.45) is 2.25. The van der Waals surface area contributed by atoms with Gasteiger partial charge in [-0.25, -0.2) is 0 Å². The highest BCUT2D eigenvalue weighted by molar-refractivity contribution is 5.24. The Labute approximate surface area is 97.9 Å². The Morgan fingerprint density at radius 3 is 2.75 bits per heavy atom. The molecule has 0 aliphatic heterocycles. The van der Waals surface area contributed by atoms with Crippen LogP contribution in [0.25, 0.3) is 0 Å². The summed E-state index contributed by atoms with van der Waals surface area (Å²) in [5.41, 5.74) is 2.25. The molecule has 1 atom stereocenters. The molecular formula is C14H21NO. The van der Waals surface area contributed by atoms with E-state index in [1.54, 1.807) is 0 Å². The molecule has 1 saturated carbocycles. The van der Waals surface area contributed by atoms with Gasteiger partial charge in [0.1, 0.15) is 0 Å². The van der Waals surface area contributed by atoms with Crippen LogP contribution in [0.3, 0.4) is 0 Å². The van der Waals surface area contributed by atoms with Crippen molar-refractivity contribution in [2.75, 3.05) is 13.1 Å². The van der Waals surface area contributed by atoms with Gasteiger partial charge in [0.05, 0.1) is 6.10 Å². The van der Waals surface area contributed by atoms with Crippen LogP contribution in [0.2, 0.25) is 0 Å². The van der Waals surface area contributed by atoms with E-state index >= 15 is 0 Å². The predicted octanol–water partition coefficient (Wildman–Crippen LogP) is 2.51. The van der Waals surface area contributed by atoms with Crippen LogP contribution < -0.4 is 0 Å². The first kappa shape index (κ1) is 11.6. The quantitative estimate of drug-likeness (QED) is 0.822. The van der Waals surface area contributed by atoms with Gasteiger partial charge in [-0.2, -0.15) is 0 Å². The van der Waals surface area contributed by atoms with Gasteiger partial charge >= 0.3 is 0 Å². The van der Waals surface area contributed by atoms with E-state index < -0.39 is 0 Å². The fourth-order valence-corrected chi connectivity index (χ4v) is 2.18.